The van der Waals surface area contributed by atoms with Gasteiger partial charge in [0, 0.05) is 49.5 Å². The number of anilines is 2. The average Bonchev–Trinajstić information content (AvgIpc) is 3.02. The molecule has 1 amide bonds. The zero-order chi connectivity index (χ0) is 27.7. The fourth-order valence-corrected chi connectivity index (χ4v) is 5.36. The van der Waals surface area contributed by atoms with Crippen LogP contribution < -0.4 is 10.2 Å². The van der Waals surface area contributed by atoms with Gasteiger partial charge in [-0.05, 0) is 53.4 Å². The third-order valence-electron chi connectivity index (χ3n) is 7.44. The van der Waals surface area contributed by atoms with Gasteiger partial charge in [0.15, 0.2) is 5.78 Å². The van der Waals surface area contributed by atoms with E-state index < -0.39 is 0 Å². The summed E-state index contributed by atoms with van der Waals surface area (Å²) in [5.41, 5.74) is 5.48. The molecule has 0 aliphatic carbocycles. The van der Waals surface area contributed by atoms with E-state index in [1.165, 1.54) is 0 Å². The molecule has 1 atom stereocenters. The highest BCUT2D eigenvalue weighted by atomic mass is 16.1. The number of nitrogens with zero attached hydrogens (tertiary/aromatic N) is 2. The van der Waals surface area contributed by atoms with E-state index in [-0.39, 0.29) is 17.7 Å². The summed E-state index contributed by atoms with van der Waals surface area (Å²) in [7, 11) is 0. The molecule has 1 aliphatic heterocycles. The van der Waals surface area contributed by atoms with Crippen molar-refractivity contribution in [3.8, 4) is 11.1 Å². The topological polar surface area (TPSA) is 52.7 Å². The van der Waals surface area contributed by atoms with E-state index in [4.69, 9.17) is 0 Å². The first-order valence-corrected chi connectivity index (χ1v) is 13.9. The molecule has 5 heteroatoms. The number of carbonyl (C=O) groups excluding carboxylic acids is 2. The number of hydrogen-bond donors (Lipinski definition) is 1. The second-order valence-corrected chi connectivity index (χ2v) is 10.0. The lowest BCUT2D eigenvalue weighted by Crippen LogP contribution is -2.49. The number of piperazine rings is 1. The number of Topliss-reactive ketones (excluding diaryl/α,β-unsaturated/α-hetero) is 1. The Kier molecular flexibility index (Phi) is 8.84. The van der Waals surface area contributed by atoms with Gasteiger partial charge in [0.25, 0.3) is 5.91 Å². The third kappa shape index (κ3) is 6.38. The molecule has 1 heterocycles. The second-order valence-electron chi connectivity index (χ2n) is 10.0. The predicted octanol–water partition coefficient (Wildman–Crippen LogP) is 7.00. The normalized spacial score (nSPS) is 14.3. The number of amides is 1. The van der Waals surface area contributed by atoms with Crippen molar-refractivity contribution in [1.29, 1.82) is 0 Å². The van der Waals surface area contributed by atoms with Crippen LogP contribution in [0.5, 0.6) is 0 Å². The Morgan fingerprint density at radius 3 is 2.08 bits per heavy atom. The predicted molar refractivity (Wildman–Crippen MR) is 164 cm³/mol. The number of hydrogen-bond acceptors (Lipinski definition) is 4. The minimum absolute atomic E-state index is 0.131. The molecule has 1 saturated heterocycles. The van der Waals surface area contributed by atoms with Crippen LogP contribution in [0.2, 0.25) is 0 Å². The van der Waals surface area contributed by atoms with Crippen LogP contribution in [0, 0.1) is 0 Å². The van der Waals surface area contributed by atoms with Gasteiger partial charge in [0.2, 0.25) is 0 Å². The molecule has 202 valence electrons. The maximum atomic E-state index is 13.2. The van der Waals surface area contributed by atoms with Crippen LogP contribution >= 0.6 is 0 Å². The van der Waals surface area contributed by atoms with Crippen LogP contribution in [0.1, 0.15) is 34.8 Å². The number of nitrogens with one attached hydrogen (secondary N) is 1. The zero-order valence-electron chi connectivity index (χ0n) is 22.7. The number of benzene rings is 4. The highest BCUT2D eigenvalue weighted by Crippen LogP contribution is 2.28. The molecular formula is C35H35N3O2. The molecule has 0 radical (unpaired) electrons. The first-order chi connectivity index (χ1) is 19.6. The van der Waals surface area contributed by atoms with Crippen molar-refractivity contribution in [2.24, 2.45) is 0 Å². The van der Waals surface area contributed by atoms with Crippen LogP contribution in [0.4, 0.5) is 11.4 Å². The van der Waals surface area contributed by atoms with Gasteiger partial charge in [-0.1, -0.05) is 84.9 Å². The Balaban J connectivity index is 1.22. The monoisotopic (exact) mass is 529 g/mol. The number of rotatable bonds is 10. The van der Waals surface area contributed by atoms with Crippen molar-refractivity contribution in [2.75, 3.05) is 36.4 Å². The summed E-state index contributed by atoms with van der Waals surface area (Å²) in [5, 5.41) is 3.06. The van der Waals surface area contributed by atoms with Crippen molar-refractivity contribution in [1.82, 2.24) is 4.90 Å². The van der Waals surface area contributed by atoms with Crippen LogP contribution in [0.25, 0.3) is 11.1 Å². The van der Waals surface area contributed by atoms with Crippen LogP contribution in [-0.2, 0) is 4.79 Å². The molecule has 4 aromatic rings. The lowest BCUT2D eigenvalue weighted by molar-refractivity contribution is -0.124. The van der Waals surface area contributed by atoms with Gasteiger partial charge in [-0.25, -0.2) is 0 Å². The van der Waals surface area contributed by atoms with Gasteiger partial charge < -0.3 is 10.2 Å². The molecule has 5 nitrogen and oxygen atoms in total. The van der Waals surface area contributed by atoms with Gasteiger partial charge in [-0.3, -0.25) is 14.5 Å². The van der Waals surface area contributed by atoms with Crippen LogP contribution in [-0.4, -0.2) is 42.8 Å². The van der Waals surface area contributed by atoms with Gasteiger partial charge in [-0.2, -0.15) is 0 Å². The molecular weight excluding hydrogens is 494 g/mol. The molecule has 0 spiro atoms. The largest absolute Gasteiger partial charge is 0.369 e. The quantitative estimate of drug-likeness (QED) is 0.225. The fraction of sp³-hybridized carbons (Fsp3) is 0.200. The van der Waals surface area contributed by atoms with Crippen LogP contribution in [0.15, 0.2) is 122 Å². The summed E-state index contributed by atoms with van der Waals surface area (Å²) in [6, 6.07) is 35.5. The van der Waals surface area contributed by atoms with E-state index in [9.17, 15) is 9.59 Å². The minimum Gasteiger partial charge on any atom is -0.369 e. The van der Waals surface area contributed by atoms with E-state index in [0.717, 1.165) is 54.2 Å². The van der Waals surface area contributed by atoms with E-state index in [2.05, 4.69) is 33.8 Å². The van der Waals surface area contributed by atoms with Gasteiger partial charge in [0.1, 0.15) is 0 Å². The van der Waals surface area contributed by atoms with Crippen molar-refractivity contribution in [2.45, 2.75) is 18.9 Å². The molecule has 40 heavy (non-hydrogen) atoms. The molecule has 1 aliphatic rings. The van der Waals surface area contributed by atoms with E-state index >= 15 is 0 Å². The molecule has 1 fully saturated rings. The van der Waals surface area contributed by atoms with E-state index in [1.807, 2.05) is 103 Å². The standard InChI is InChI=1S/C35H35N3O2/c1-2-3-18-33(39)34(28-14-8-5-9-15-28)38-25-23-37(24-26-38)30-21-19-29(20-22-30)36-35(40)32-17-11-10-16-31(32)27-12-6-4-7-13-27/h2,4-17,19-22,34H,1,3,18,23-26H2,(H,36,40). The Bertz CT molecular complexity index is 1430. The first-order valence-electron chi connectivity index (χ1n) is 13.9. The second kappa shape index (κ2) is 13.0. The number of allylic oxidation sites excluding steroid dienone is 1. The van der Waals surface area contributed by atoms with Gasteiger partial charge in [-0.15, -0.1) is 6.58 Å². The Morgan fingerprint density at radius 2 is 1.40 bits per heavy atom. The molecule has 0 bridgehead atoms. The van der Waals surface area contributed by atoms with E-state index in [1.54, 1.807) is 0 Å². The van der Waals surface area contributed by atoms with Crippen LogP contribution in [0.3, 0.4) is 0 Å². The summed E-state index contributed by atoms with van der Waals surface area (Å²) < 4.78 is 0. The third-order valence-corrected chi connectivity index (χ3v) is 7.44. The summed E-state index contributed by atoms with van der Waals surface area (Å²) in [6.07, 6.45) is 3.02. The minimum atomic E-state index is -0.223. The SMILES string of the molecule is C=CCCC(=O)C(c1ccccc1)N1CCN(c2ccc(NC(=O)c3ccccc3-c3ccccc3)cc2)CC1. The molecule has 0 aromatic heterocycles. The van der Waals surface area contributed by atoms with Crippen molar-refractivity contribution in [3.63, 3.8) is 0 Å². The number of carbonyl (C=O) groups is 2. The molecule has 5 rings (SSSR count). The average molecular weight is 530 g/mol. The Labute approximate surface area is 236 Å². The maximum Gasteiger partial charge on any atom is 0.256 e. The molecule has 1 unspecified atom stereocenters. The highest BCUT2D eigenvalue weighted by Gasteiger charge is 2.29. The Morgan fingerprint density at radius 1 is 0.775 bits per heavy atom. The maximum absolute atomic E-state index is 13.2. The smallest absolute Gasteiger partial charge is 0.256 e. The van der Waals surface area contributed by atoms with Crippen molar-refractivity contribution in [3.05, 3.63) is 133 Å². The summed E-state index contributed by atoms with van der Waals surface area (Å²) in [5.74, 6) is 0.113. The lowest BCUT2D eigenvalue weighted by atomic mass is 9.97. The summed E-state index contributed by atoms with van der Waals surface area (Å²) in [4.78, 5) is 31.0. The summed E-state index contributed by atoms with van der Waals surface area (Å²) >= 11 is 0. The first kappa shape index (κ1) is 27.1. The Hall–Kier alpha value is -4.48. The number of ketones is 1. The molecule has 0 saturated carbocycles. The van der Waals surface area contributed by atoms with Gasteiger partial charge >= 0.3 is 0 Å². The van der Waals surface area contributed by atoms with Crippen molar-refractivity contribution < 1.29 is 9.59 Å². The van der Waals surface area contributed by atoms with E-state index in [0.29, 0.717) is 18.4 Å². The van der Waals surface area contributed by atoms with Gasteiger partial charge in [0.05, 0.1) is 6.04 Å². The lowest BCUT2D eigenvalue weighted by Gasteiger charge is -2.40. The molecule has 1 N–H and O–H groups in total. The fourth-order valence-electron chi connectivity index (χ4n) is 5.36. The molecule has 4 aromatic carbocycles. The highest BCUT2D eigenvalue weighted by molar-refractivity contribution is 6.08. The van der Waals surface area contributed by atoms with Crippen molar-refractivity contribution >= 4 is 23.1 Å². The summed E-state index contributed by atoms with van der Waals surface area (Å²) in [6.45, 7) is 7.03. The zero-order valence-corrected chi connectivity index (χ0v) is 22.7.